The van der Waals surface area contributed by atoms with Crippen LogP contribution in [0.2, 0.25) is 5.15 Å². The zero-order valence-corrected chi connectivity index (χ0v) is 13.9. The van der Waals surface area contributed by atoms with Gasteiger partial charge < -0.3 is 0 Å². The molecule has 7 heteroatoms. The first kappa shape index (κ1) is 15.9. The Morgan fingerprint density at radius 1 is 1.44 bits per heavy atom. The lowest BCUT2D eigenvalue weighted by atomic mass is 9.97. The number of hydrogen-bond donors (Lipinski definition) is 0. The van der Waals surface area contributed by atoms with E-state index in [1.165, 1.54) is 23.6 Å². The van der Waals surface area contributed by atoms with Gasteiger partial charge in [-0.15, -0.1) is 0 Å². The first-order valence-corrected chi connectivity index (χ1v) is 7.92. The van der Waals surface area contributed by atoms with Crippen LogP contribution >= 0.6 is 27.5 Å². The summed E-state index contributed by atoms with van der Waals surface area (Å²) in [7, 11) is -2.08. The minimum Gasteiger partial charge on any atom is -0.242 e. The van der Waals surface area contributed by atoms with E-state index in [9.17, 15) is 8.42 Å². The van der Waals surface area contributed by atoms with Crippen LogP contribution in [0.5, 0.6) is 0 Å². The second kappa shape index (κ2) is 5.45. The SMILES string of the molecule is CN(CC(C)(C)C)S(=O)(=O)c1cc(Br)cnc1Cl. The lowest BCUT2D eigenvalue weighted by molar-refractivity contribution is 0.310. The summed E-state index contributed by atoms with van der Waals surface area (Å²) in [5.74, 6) is 0. The van der Waals surface area contributed by atoms with Crippen molar-refractivity contribution in [3.8, 4) is 0 Å². The first-order valence-electron chi connectivity index (χ1n) is 5.31. The highest BCUT2D eigenvalue weighted by molar-refractivity contribution is 9.10. The summed E-state index contributed by atoms with van der Waals surface area (Å²) >= 11 is 9.05. The standard InChI is InChI=1S/C11H16BrClN2O2S/c1-11(2,3)7-15(4)18(16,17)9-5-8(12)6-14-10(9)13/h5-6H,7H2,1-4H3. The Balaban J connectivity index is 3.17. The fourth-order valence-corrected chi connectivity index (χ4v) is 3.82. The van der Waals surface area contributed by atoms with Gasteiger partial charge in [0.05, 0.1) is 0 Å². The zero-order valence-electron chi connectivity index (χ0n) is 10.7. The van der Waals surface area contributed by atoms with Crippen molar-refractivity contribution < 1.29 is 8.42 Å². The van der Waals surface area contributed by atoms with Gasteiger partial charge in [0.15, 0.2) is 0 Å². The molecule has 102 valence electrons. The molecule has 0 saturated heterocycles. The van der Waals surface area contributed by atoms with Gasteiger partial charge in [0, 0.05) is 24.3 Å². The highest BCUT2D eigenvalue weighted by Gasteiger charge is 2.27. The fourth-order valence-electron chi connectivity index (χ4n) is 1.51. The lowest BCUT2D eigenvalue weighted by Gasteiger charge is -2.26. The third-order valence-corrected chi connectivity index (χ3v) is 4.82. The predicted octanol–water partition coefficient (Wildman–Crippen LogP) is 3.16. The van der Waals surface area contributed by atoms with Crippen LogP contribution in [0, 0.1) is 5.41 Å². The van der Waals surface area contributed by atoms with Gasteiger partial charge in [-0.1, -0.05) is 32.4 Å². The van der Waals surface area contributed by atoms with Crippen LogP contribution in [0.25, 0.3) is 0 Å². The average Bonchev–Trinajstić information content (AvgIpc) is 2.19. The third-order valence-electron chi connectivity index (χ3n) is 2.16. The van der Waals surface area contributed by atoms with Crippen LogP contribution in [-0.4, -0.2) is 31.3 Å². The number of pyridine rings is 1. The quantitative estimate of drug-likeness (QED) is 0.783. The third kappa shape index (κ3) is 3.91. The molecule has 0 aliphatic heterocycles. The topological polar surface area (TPSA) is 50.3 Å². The van der Waals surface area contributed by atoms with Crippen LogP contribution in [0.15, 0.2) is 21.6 Å². The van der Waals surface area contributed by atoms with E-state index in [0.29, 0.717) is 11.0 Å². The second-order valence-corrected chi connectivity index (χ2v) is 8.55. The van der Waals surface area contributed by atoms with Gasteiger partial charge >= 0.3 is 0 Å². The Morgan fingerprint density at radius 2 is 2.00 bits per heavy atom. The van der Waals surface area contributed by atoms with Crippen molar-refractivity contribution in [2.75, 3.05) is 13.6 Å². The smallest absolute Gasteiger partial charge is 0.242 e. The molecule has 0 aromatic carbocycles. The van der Waals surface area contributed by atoms with Crippen LogP contribution < -0.4 is 0 Å². The summed E-state index contributed by atoms with van der Waals surface area (Å²) in [6.45, 7) is 6.32. The van der Waals surface area contributed by atoms with Crippen LogP contribution in [0.3, 0.4) is 0 Å². The summed E-state index contributed by atoms with van der Waals surface area (Å²) in [5.41, 5.74) is -0.131. The van der Waals surface area contributed by atoms with Gasteiger partial charge in [-0.2, -0.15) is 0 Å². The maximum Gasteiger partial charge on any atom is 0.245 e. The Morgan fingerprint density at radius 3 is 2.50 bits per heavy atom. The number of aromatic nitrogens is 1. The van der Waals surface area contributed by atoms with E-state index in [1.54, 1.807) is 0 Å². The molecule has 0 aliphatic rings. The second-order valence-electron chi connectivity index (χ2n) is 5.26. The van der Waals surface area contributed by atoms with Gasteiger partial charge in [0.25, 0.3) is 0 Å². The van der Waals surface area contributed by atoms with E-state index in [4.69, 9.17) is 11.6 Å². The molecule has 0 radical (unpaired) electrons. The zero-order chi connectivity index (χ0) is 14.1. The minimum absolute atomic E-state index is 0.0149. The summed E-state index contributed by atoms with van der Waals surface area (Å²) < 4.78 is 26.6. The van der Waals surface area contributed by atoms with E-state index in [0.717, 1.165) is 0 Å². The molecule has 0 fully saturated rings. The number of nitrogens with zero attached hydrogens (tertiary/aromatic N) is 2. The highest BCUT2D eigenvalue weighted by atomic mass is 79.9. The van der Waals surface area contributed by atoms with Crippen LogP contribution in [0.1, 0.15) is 20.8 Å². The normalized spacial score (nSPS) is 13.1. The Bertz CT molecular complexity index is 540. The molecule has 0 N–H and O–H groups in total. The van der Waals surface area contributed by atoms with Crippen molar-refractivity contribution >= 4 is 37.6 Å². The summed E-state index contributed by atoms with van der Waals surface area (Å²) in [4.78, 5) is 3.86. The molecule has 0 spiro atoms. The van der Waals surface area contributed by atoms with E-state index in [-0.39, 0.29) is 15.5 Å². The Hall–Kier alpha value is -0.170. The first-order chi connectivity index (χ1) is 8.04. The Labute approximate surface area is 122 Å². The van der Waals surface area contributed by atoms with Gasteiger partial charge in [0.2, 0.25) is 10.0 Å². The number of hydrogen-bond acceptors (Lipinski definition) is 3. The lowest BCUT2D eigenvalue weighted by Crippen LogP contribution is -2.34. The van der Waals surface area contributed by atoms with E-state index >= 15 is 0 Å². The van der Waals surface area contributed by atoms with E-state index in [2.05, 4.69) is 20.9 Å². The van der Waals surface area contributed by atoms with Crippen molar-refractivity contribution in [2.45, 2.75) is 25.7 Å². The van der Waals surface area contributed by atoms with E-state index in [1.807, 2.05) is 20.8 Å². The van der Waals surface area contributed by atoms with Gasteiger partial charge in [-0.05, 0) is 27.4 Å². The van der Waals surface area contributed by atoms with Crippen LogP contribution in [0.4, 0.5) is 0 Å². The fraction of sp³-hybridized carbons (Fsp3) is 0.545. The van der Waals surface area contributed by atoms with Gasteiger partial charge in [0.1, 0.15) is 10.0 Å². The van der Waals surface area contributed by atoms with Gasteiger partial charge in [-0.3, -0.25) is 0 Å². The Kier molecular flexibility index (Phi) is 4.81. The van der Waals surface area contributed by atoms with Crippen molar-refractivity contribution in [1.29, 1.82) is 0 Å². The largest absolute Gasteiger partial charge is 0.245 e. The van der Waals surface area contributed by atoms with Crippen molar-refractivity contribution in [3.05, 3.63) is 21.9 Å². The number of sulfonamides is 1. The molecule has 0 atom stereocenters. The maximum absolute atomic E-state index is 12.4. The summed E-state index contributed by atoms with van der Waals surface area (Å²) in [6.07, 6.45) is 1.46. The number of halogens is 2. The molecule has 0 saturated carbocycles. The molecule has 1 rings (SSSR count). The van der Waals surface area contributed by atoms with Crippen molar-refractivity contribution in [2.24, 2.45) is 5.41 Å². The minimum atomic E-state index is -3.62. The highest BCUT2D eigenvalue weighted by Crippen LogP contribution is 2.27. The molecular formula is C11H16BrClN2O2S. The van der Waals surface area contributed by atoms with Crippen LogP contribution in [-0.2, 0) is 10.0 Å². The van der Waals surface area contributed by atoms with Crippen molar-refractivity contribution in [1.82, 2.24) is 9.29 Å². The molecule has 0 unspecified atom stereocenters. The summed E-state index contributed by atoms with van der Waals surface area (Å²) in [5, 5.41) is -0.0149. The summed E-state index contributed by atoms with van der Waals surface area (Å²) in [6, 6.07) is 1.46. The molecule has 0 amide bonds. The molecule has 1 aromatic heterocycles. The maximum atomic E-state index is 12.4. The molecular weight excluding hydrogens is 340 g/mol. The molecule has 0 bridgehead atoms. The van der Waals surface area contributed by atoms with E-state index < -0.39 is 10.0 Å². The van der Waals surface area contributed by atoms with Crippen molar-refractivity contribution in [3.63, 3.8) is 0 Å². The molecule has 18 heavy (non-hydrogen) atoms. The number of rotatable bonds is 3. The molecule has 4 nitrogen and oxygen atoms in total. The predicted molar refractivity (Wildman–Crippen MR) is 76.2 cm³/mol. The average molecular weight is 356 g/mol. The van der Waals surface area contributed by atoms with Gasteiger partial charge in [-0.25, -0.2) is 17.7 Å². The molecule has 1 aromatic rings. The molecule has 1 heterocycles. The monoisotopic (exact) mass is 354 g/mol. The molecule has 0 aliphatic carbocycles.